The minimum Gasteiger partial charge on any atom is -0.464 e. The number of rotatable bonds is 3. The molecule has 0 aliphatic carbocycles. The third-order valence-electron chi connectivity index (χ3n) is 1.79. The second-order valence-electron chi connectivity index (χ2n) is 2.95. The van der Waals surface area contributed by atoms with Gasteiger partial charge in [0.2, 0.25) is 0 Å². The van der Waals surface area contributed by atoms with Crippen LogP contribution in [0, 0.1) is 3.70 Å². The van der Waals surface area contributed by atoms with Gasteiger partial charge in [0, 0.05) is 17.0 Å². The number of alkyl halides is 4. The molecule has 18 heavy (non-hydrogen) atoms. The van der Waals surface area contributed by atoms with Gasteiger partial charge in [-0.05, 0) is 22.6 Å². The molecule has 1 aromatic rings. The Hall–Kier alpha value is -0.580. The molecule has 1 heterocycles. The summed E-state index contributed by atoms with van der Waals surface area (Å²) < 4.78 is 45.2. The first-order chi connectivity index (χ1) is 8.28. The van der Waals surface area contributed by atoms with Crippen molar-refractivity contribution < 1.29 is 27.4 Å². The Morgan fingerprint density at radius 1 is 1.56 bits per heavy atom. The van der Waals surface area contributed by atoms with Crippen molar-refractivity contribution in [2.75, 3.05) is 7.11 Å². The van der Waals surface area contributed by atoms with Crippen LogP contribution in [0.15, 0.2) is 6.07 Å². The molecule has 0 aliphatic rings. The molecule has 0 fully saturated rings. The van der Waals surface area contributed by atoms with Crippen molar-refractivity contribution in [3.05, 3.63) is 21.0 Å². The second-order valence-corrected chi connectivity index (χ2v) is 4.53. The van der Waals surface area contributed by atoms with Crippen molar-refractivity contribution in [1.82, 2.24) is 4.98 Å². The highest BCUT2D eigenvalue weighted by Crippen LogP contribution is 2.31. The van der Waals surface area contributed by atoms with Gasteiger partial charge >= 0.3 is 12.3 Å². The van der Waals surface area contributed by atoms with Gasteiger partial charge in [-0.15, -0.1) is 13.2 Å². The van der Waals surface area contributed by atoms with Crippen molar-refractivity contribution >= 4 is 44.5 Å². The van der Waals surface area contributed by atoms with Gasteiger partial charge in [0.05, 0.1) is 7.11 Å². The standard InChI is InChI=1S/C9H6BrF3INO3/c1-17-8(16)5-2-6(18-9(11,12)13)4(3-10)7(14)15-5/h2H,3H2,1H3. The van der Waals surface area contributed by atoms with Crippen LogP contribution in [0.3, 0.4) is 0 Å². The van der Waals surface area contributed by atoms with E-state index in [9.17, 15) is 18.0 Å². The highest BCUT2D eigenvalue weighted by Gasteiger charge is 2.33. The second kappa shape index (κ2) is 6.04. The van der Waals surface area contributed by atoms with Crippen molar-refractivity contribution in [1.29, 1.82) is 0 Å². The van der Waals surface area contributed by atoms with E-state index in [-0.39, 0.29) is 20.3 Å². The monoisotopic (exact) mass is 439 g/mol. The zero-order valence-electron chi connectivity index (χ0n) is 8.85. The van der Waals surface area contributed by atoms with Gasteiger partial charge in [-0.2, -0.15) is 0 Å². The zero-order chi connectivity index (χ0) is 13.9. The van der Waals surface area contributed by atoms with Crippen molar-refractivity contribution in [2.24, 2.45) is 0 Å². The summed E-state index contributed by atoms with van der Waals surface area (Å²) in [6, 6.07) is 0.901. The first kappa shape index (κ1) is 15.5. The lowest BCUT2D eigenvalue weighted by molar-refractivity contribution is -0.274. The van der Waals surface area contributed by atoms with Crippen LogP contribution in [0.2, 0.25) is 0 Å². The van der Waals surface area contributed by atoms with Gasteiger partial charge in [0.15, 0.2) is 5.69 Å². The minimum atomic E-state index is -4.84. The van der Waals surface area contributed by atoms with Gasteiger partial charge in [0.1, 0.15) is 9.45 Å². The lowest BCUT2D eigenvalue weighted by Gasteiger charge is -2.14. The predicted molar refractivity (Wildman–Crippen MR) is 67.6 cm³/mol. The van der Waals surface area contributed by atoms with Crippen LogP contribution >= 0.6 is 38.5 Å². The third kappa shape index (κ3) is 3.97. The number of hydrogen-bond donors (Lipinski definition) is 0. The van der Waals surface area contributed by atoms with E-state index in [1.54, 1.807) is 22.6 Å². The van der Waals surface area contributed by atoms with Crippen molar-refractivity contribution in [3.8, 4) is 5.75 Å². The lowest BCUT2D eigenvalue weighted by Crippen LogP contribution is -2.19. The zero-order valence-corrected chi connectivity index (χ0v) is 12.6. The number of esters is 1. The Morgan fingerprint density at radius 2 is 2.17 bits per heavy atom. The fraction of sp³-hybridized carbons (Fsp3) is 0.333. The Bertz CT molecular complexity index is 467. The van der Waals surface area contributed by atoms with Crippen molar-refractivity contribution in [2.45, 2.75) is 11.7 Å². The SMILES string of the molecule is COC(=O)c1cc(OC(F)(F)F)c(CBr)c(I)n1. The minimum absolute atomic E-state index is 0.116. The predicted octanol–water partition coefficient (Wildman–Crippen LogP) is 3.27. The van der Waals surface area contributed by atoms with Crippen LogP contribution in [0.4, 0.5) is 13.2 Å². The molecule has 0 aromatic carbocycles. The molecule has 0 N–H and O–H groups in total. The molecule has 0 saturated carbocycles. The van der Waals surface area contributed by atoms with E-state index in [2.05, 4.69) is 30.4 Å². The summed E-state index contributed by atoms with van der Waals surface area (Å²) in [5, 5.41) is 0.116. The van der Waals surface area contributed by atoms with Crippen LogP contribution in [-0.2, 0) is 10.1 Å². The highest BCUT2D eigenvalue weighted by molar-refractivity contribution is 14.1. The summed E-state index contributed by atoms with van der Waals surface area (Å²) in [7, 11) is 1.11. The molecule has 0 radical (unpaired) electrons. The number of pyridine rings is 1. The van der Waals surface area contributed by atoms with E-state index in [1.165, 1.54) is 0 Å². The summed E-state index contributed by atoms with van der Waals surface area (Å²) in [4.78, 5) is 15.1. The fourth-order valence-corrected chi connectivity index (χ4v) is 2.85. The number of carbonyl (C=O) groups is 1. The molecule has 1 aromatic heterocycles. The molecule has 0 aliphatic heterocycles. The van der Waals surface area contributed by atoms with Crippen LogP contribution in [-0.4, -0.2) is 24.4 Å². The number of hydrogen-bond acceptors (Lipinski definition) is 4. The van der Waals surface area contributed by atoms with E-state index in [0.29, 0.717) is 0 Å². The van der Waals surface area contributed by atoms with E-state index in [1.807, 2.05) is 0 Å². The van der Waals surface area contributed by atoms with Gasteiger partial charge in [-0.3, -0.25) is 0 Å². The molecular formula is C9H6BrF3INO3. The maximum Gasteiger partial charge on any atom is 0.573 e. The normalized spacial score (nSPS) is 11.2. The van der Waals surface area contributed by atoms with Gasteiger partial charge in [0.25, 0.3) is 0 Å². The number of aromatic nitrogens is 1. The van der Waals surface area contributed by atoms with Crippen LogP contribution in [0.5, 0.6) is 5.75 Å². The smallest absolute Gasteiger partial charge is 0.464 e. The average molecular weight is 440 g/mol. The summed E-state index contributed by atoms with van der Waals surface area (Å²) >= 11 is 4.75. The van der Waals surface area contributed by atoms with Crippen molar-refractivity contribution in [3.63, 3.8) is 0 Å². The Kier molecular flexibility index (Phi) is 5.20. The maximum atomic E-state index is 12.2. The Balaban J connectivity index is 3.28. The fourth-order valence-electron chi connectivity index (χ4n) is 1.06. The Labute approximate surface area is 122 Å². The molecular weight excluding hydrogens is 434 g/mol. The van der Waals surface area contributed by atoms with Gasteiger partial charge in [-0.25, -0.2) is 9.78 Å². The van der Waals surface area contributed by atoms with E-state index in [4.69, 9.17) is 0 Å². The van der Waals surface area contributed by atoms with E-state index < -0.39 is 18.1 Å². The van der Waals surface area contributed by atoms with Crippen LogP contribution < -0.4 is 4.74 Å². The van der Waals surface area contributed by atoms with E-state index in [0.717, 1.165) is 13.2 Å². The molecule has 9 heteroatoms. The Morgan fingerprint density at radius 3 is 2.61 bits per heavy atom. The molecule has 100 valence electrons. The van der Waals surface area contributed by atoms with Gasteiger partial charge in [-0.1, -0.05) is 15.9 Å². The third-order valence-corrected chi connectivity index (χ3v) is 3.24. The lowest BCUT2D eigenvalue weighted by atomic mass is 10.2. The molecule has 4 nitrogen and oxygen atoms in total. The summed E-state index contributed by atoms with van der Waals surface area (Å²) in [5.74, 6) is -1.31. The largest absolute Gasteiger partial charge is 0.573 e. The number of halogens is 5. The summed E-state index contributed by atoms with van der Waals surface area (Å²) in [6.45, 7) is 0. The molecule has 0 saturated heterocycles. The first-order valence-corrected chi connectivity index (χ1v) is 6.58. The number of nitrogens with zero attached hydrogens (tertiary/aromatic N) is 1. The van der Waals surface area contributed by atoms with Crippen LogP contribution in [0.25, 0.3) is 0 Å². The topological polar surface area (TPSA) is 48.4 Å². The number of ether oxygens (including phenoxy) is 2. The van der Waals surface area contributed by atoms with Crippen LogP contribution in [0.1, 0.15) is 16.1 Å². The molecule has 0 amide bonds. The summed E-state index contributed by atoms with van der Waals surface area (Å²) in [6.07, 6.45) is -4.84. The molecule has 1 rings (SSSR count). The summed E-state index contributed by atoms with van der Waals surface area (Å²) in [5.41, 5.74) is -0.0357. The average Bonchev–Trinajstić information content (AvgIpc) is 2.25. The molecule has 0 spiro atoms. The highest BCUT2D eigenvalue weighted by atomic mass is 127. The van der Waals surface area contributed by atoms with Gasteiger partial charge < -0.3 is 9.47 Å². The molecule has 0 atom stereocenters. The first-order valence-electron chi connectivity index (χ1n) is 4.38. The number of carbonyl (C=O) groups excluding carboxylic acids is 1. The van der Waals surface area contributed by atoms with E-state index >= 15 is 0 Å². The molecule has 0 unspecified atom stereocenters. The maximum absolute atomic E-state index is 12.2. The molecule has 0 bridgehead atoms. The number of methoxy groups -OCH3 is 1. The quantitative estimate of drug-likeness (QED) is 0.314.